The molecule has 1 aromatic heterocycles. The highest BCUT2D eigenvalue weighted by Crippen LogP contribution is 1.95. The van der Waals surface area contributed by atoms with Crippen molar-refractivity contribution >= 4 is 5.91 Å². The standard InChI is InChI=1S/C13H21N3O4/c1-3-4-7-16-12(18)6-5-11(15-16)13(19)14-10(8-17)9-20-2/h5-6,10,17H,3-4,7-9H2,1-2H3,(H,14,19). The van der Waals surface area contributed by atoms with Crippen LogP contribution in [0.1, 0.15) is 30.3 Å². The van der Waals surface area contributed by atoms with Gasteiger partial charge in [-0.05, 0) is 12.5 Å². The minimum atomic E-state index is -0.495. The second-order valence-electron chi connectivity index (χ2n) is 4.44. The molecule has 7 heteroatoms. The number of ether oxygens (including phenoxy) is 1. The molecule has 1 rings (SSSR count). The highest BCUT2D eigenvalue weighted by molar-refractivity contribution is 5.92. The fraction of sp³-hybridized carbons (Fsp3) is 0.615. The molecule has 2 N–H and O–H groups in total. The van der Waals surface area contributed by atoms with E-state index in [9.17, 15) is 9.59 Å². The minimum absolute atomic E-state index is 0.148. The predicted octanol–water partition coefficient (Wildman–Crippen LogP) is -0.219. The van der Waals surface area contributed by atoms with Crippen LogP contribution in [0.2, 0.25) is 0 Å². The van der Waals surface area contributed by atoms with E-state index in [0.717, 1.165) is 12.8 Å². The van der Waals surface area contributed by atoms with Crippen molar-refractivity contribution in [3.05, 3.63) is 28.2 Å². The van der Waals surface area contributed by atoms with E-state index in [2.05, 4.69) is 10.4 Å². The molecule has 1 unspecified atom stereocenters. The molecule has 0 aromatic carbocycles. The van der Waals surface area contributed by atoms with Crippen LogP contribution in [0.3, 0.4) is 0 Å². The molecule has 0 saturated heterocycles. The number of amides is 1. The molecular weight excluding hydrogens is 262 g/mol. The number of aryl methyl sites for hydroxylation is 1. The smallest absolute Gasteiger partial charge is 0.272 e. The van der Waals surface area contributed by atoms with Gasteiger partial charge in [-0.2, -0.15) is 5.10 Å². The van der Waals surface area contributed by atoms with Crippen LogP contribution in [0.4, 0.5) is 0 Å². The average Bonchev–Trinajstić information content (AvgIpc) is 2.45. The molecule has 20 heavy (non-hydrogen) atoms. The van der Waals surface area contributed by atoms with E-state index in [1.54, 1.807) is 0 Å². The van der Waals surface area contributed by atoms with Crippen LogP contribution in [0, 0.1) is 0 Å². The maximum Gasteiger partial charge on any atom is 0.272 e. The Kier molecular flexibility index (Phi) is 6.89. The zero-order chi connectivity index (χ0) is 15.0. The van der Waals surface area contributed by atoms with Crippen LogP contribution in [0.5, 0.6) is 0 Å². The highest BCUT2D eigenvalue weighted by atomic mass is 16.5. The zero-order valence-corrected chi connectivity index (χ0v) is 11.8. The van der Waals surface area contributed by atoms with Gasteiger partial charge in [-0.3, -0.25) is 9.59 Å². The summed E-state index contributed by atoms with van der Waals surface area (Å²) < 4.78 is 6.16. The normalized spacial score (nSPS) is 12.2. The Morgan fingerprint density at radius 1 is 1.55 bits per heavy atom. The first-order valence-electron chi connectivity index (χ1n) is 6.61. The van der Waals surface area contributed by atoms with E-state index in [1.807, 2.05) is 6.92 Å². The molecule has 1 atom stereocenters. The minimum Gasteiger partial charge on any atom is -0.394 e. The van der Waals surface area contributed by atoms with E-state index >= 15 is 0 Å². The third-order valence-corrected chi connectivity index (χ3v) is 2.75. The molecular formula is C13H21N3O4. The Morgan fingerprint density at radius 3 is 2.90 bits per heavy atom. The summed E-state index contributed by atoms with van der Waals surface area (Å²) in [6.45, 7) is 2.48. The number of aliphatic hydroxyl groups is 1. The van der Waals surface area contributed by atoms with Crippen molar-refractivity contribution in [1.29, 1.82) is 0 Å². The van der Waals surface area contributed by atoms with Crippen molar-refractivity contribution < 1.29 is 14.6 Å². The number of nitrogens with one attached hydrogen (secondary N) is 1. The van der Waals surface area contributed by atoms with E-state index in [1.165, 1.54) is 23.9 Å². The summed E-state index contributed by atoms with van der Waals surface area (Å²) >= 11 is 0. The van der Waals surface area contributed by atoms with Crippen molar-refractivity contribution in [3.8, 4) is 0 Å². The molecule has 1 heterocycles. The van der Waals surface area contributed by atoms with Gasteiger partial charge in [0.15, 0.2) is 0 Å². The van der Waals surface area contributed by atoms with Crippen LogP contribution in [0.15, 0.2) is 16.9 Å². The third kappa shape index (κ3) is 4.75. The Morgan fingerprint density at radius 2 is 2.30 bits per heavy atom. The van der Waals surface area contributed by atoms with Gasteiger partial charge in [-0.1, -0.05) is 13.3 Å². The topological polar surface area (TPSA) is 93.5 Å². The van der Waals surface area contributed by atoms with Crippen molar-refractivity contribution in [2.24, 2.45) is 0 Å². The summed E-state index contributed by atoms with van der Waals surface area (Å²) in [4.78, 5) is 23.6. The van der Waals surface area contributed by atoms with Gasteiger partial charge in [-0.25, -0.2) is 4.68 Å². The summed E-state index contributed by atoms with van der Waals surface area (Å²) in [5, 5.41) is 15.7. The first kappa shape index (κ1) is 16.3. The average molecular weight is 283 g/mol. The number of aromatic nitrogens is 2. The van der Waals surface area contributed by atoms with Crippen molar-refractivity contribution in [1.82, 2.24) is 15.1 Å². The van der Waals surface area contributed by atoms with Crippen LogP contribution in [-0.4, -0.2) is 47.2 Å². The fourth-order valence-corrected chi connectivity index (χ4v) is 1.64. The van der Waals surface area contributed by atoms with Crippen LogP contribution in [-0.2, 0) is 11.3 Å². The monoisotopic (exact) mass is 283 g/mol. The molecule has 112 valence electrons. The predicted molar refractivity (Wildman–Crippen MR) is 73.6 cm³/mol. The number of nitrogens with zero attached hydrogens (tertiary/aromatic N) is 2. The van der Waals surface area contributed by atoms with Gasteiger partial charge in [0.05, 0.1) is 19.3 Å². The molecule has 7 nitrogen and oxygen atoms in total. The molecule has 0 fully saturated rings. The zero-order valence-electron chi connectivity index (χ0n) is 11.8. The van der Waals surface area contributed by atoms with Gasteiger partial charge < -0.3 is 15.2 Å². The number of carbonyl (C=O) groups excluding carboxylic acids is 1. The molecule has 0 aliphatic carbocycles. The fourth-order valence-electron chi connectivity index (χ4n) is 1.64. The Balaban J connectivity index is 2.79. The quantitative estimate of drug-likeness (QED) is 0.688. The second-order valence-corrected chi connectivity index (χ2v) is 4.44. The molecule has 0 aliphatic rings. The summed E-state index contributed by atoms with van der Waals surface area (Å²) in [5.74, 6) is -0.439. The van der Waals surface area contributed by atoms with Gasteiger partial charge in [-0.15, -0.1) is 0 Å². The van der Waals surface area contributed by atoms with Crippen LogP contribution in [0.25, 0.3) is 0 Å². The van der Waals surface area contributed by atoms with Crippen molar-refractivity contribution in [2.45, 2.75) is 32.4 Å². The Labute approximate surface area is 117 Å². The van der Waals surface area contributed by atoms with Gasteiger partial charge in [0.25, 0.3) is 11.5 Å². The molecule has 0 radical (unpaired) electrons. The van der Waals surface area contributed by atoms with Crippen LogP contribution >= 0.6 is 0 Å². The molecule has 1 amide bonds. The second kappa shape index (κ2) is 8.44. The van der Waals surface area contributed by atoms with Gasteiger partial charge in [0, 0.05) is 19.7 Å². The highest BCUT2D eigenvalue weighted by Gasteiger charge is 2.14. The molecule has 0 saturated carbocycles. The lowest BCUT2D eigenvalue weighted by Crippen LogP contribution is -2.41. The first-order valence-corrected chi connectivity index (χ1v) is 6.61. The molecule has 0 aliphatic heterocycles. The number of methoxy groups -OCH3 is 1. The third-order valence-electron chi connectivity index (χ3n) is 2.75. The van der Waals surface area contributed by atoms with E-state index < -0.39 is 11.9 Å². The largest absolute Gasteiger partial charge is 0.394 e. The van der Waals surface area contributed by atoms with Crippen molar-refractivity contribution in [2.75, 3.05) is 20.3 Å². The van der Waals surface area contributed by atoms with E-state index in [0.29, 0.717) is 6.54 Å². The summed E-state index contributed by atoms with van der Waals surface area (Å²) in [5.41, 5.74) is -0.0825. The van der Waals surface area contributed by atoms with Gasteiger partial charge in [0.2, 0.25) is 0 Å². The number of unbranched alkanes of at least 4 members (excludes halogenated alkanes) is 1. The van der Waals surface area contributed by atoms with Crippen molar-refractivity contribution in [3.63, 3.8) is 0 Å². The summed E-state index contributed by atoms with van der Waals surface area (Å²) in [7, 11) is 1.48. The lowest BCUT2D eigenvalue weighted by Gasteiger charge is -2.15. The lowest BCUT2D eigenvalue weighted by molar-refractivity contribution is 0.0832. The molecule has 1 aromatic rings. The van der Waals surface area contributed by atoms with Gasteiger partial charge in [0.1, 0.15) is 5.69 Å². The number of aliphatic hydroxyl groups excluding tert-OH is 1. The van der Waals surface area contributed by atoms with Crippen LogP contribution < -0.4 is 10.9 Å². The lowest BCUT2D eigenvalue weighted by atomic mass is 10.3. The SMILES string of the molecule is CCCCn1nc(C(=O)NC(CO)COC)ccc1=O. The summed E-state index contributed by atoms with van der Waals surface area (Å²) in [6.07, 6.45) is 1.76. The number of hydrogen-bond donors (Lipinski definition) is 2. The van der Waals surface area contributed by atoms with Gasteiger partial charge >= 0.3 is 0 Å². The molecule has 0 bridgehead atoms. The first-order chi connectivity index (χ1) is 9.62. The maximum absolute atomic E-state index is 12.0. The number of carbonyl (C=O) groups is 1. The Bertz CT molecular complexity index is 487. The number of rotatable bonds is 8. The summed E-state index contributed by atoms with van der Waals surface area (Å²) in [6, 6.07) is 2.20. The maximum atomic E-state index is 12.0. The van der Waals surface area contributed by atoms with E-state index in [4.69, 9.17) is 9.84 Å². The van der Waals surface area contributed by atoms with E-state index in [-0.39, 0.29) is 24.5 Å². The molecule has 0 spiro atoms. The number of hydrogen-bond acceptors (Lipinski definition) is 5. The Hall–Kier alpha value is -1.73.